The normalized spacial score (nSPS) is 12.2. The van der Waals surface area contributed by atoms with Gasteiger partial charge in [0.15, 0.2) is 0 Å². The van der Waals surface area contributed by atoms with Crippen LogP contribution in [0.15, 0.2) is 18.2 Å². The van der Waals surface area contributed by atoms with Gasteiger partial charge >= 0.3 is 5.69 Å². The fourth-order valence-corrected chi connectivity index (χ4v) is 1.40. The van der Waals surface area contributed by atoms with Crippen LogP contribution in [0.5, 0.6) is 0 Å². The number of ether oxygens (including phenoxy) is 1. The molecule has 0 aliphatic carbocycles. The average molecular weight is 242 g/mol. The number of hydrogen-bond donors (Lipinski definition) is 1. The average Bonchev–Trinajstić information content (AvgIpc) is 2.26. The van der Waals surface area contributed by atoms with Gasteiger partial charge in [-0.3, -0.25) is 10.1 Å². The smallest absolute Gasteiger partial charge is 0.304 e. The van der Waals surface area contributed by atoms with Gasteiger partial charge in [0.2, 0.25) is 5.82 Å². The minimum atomic E-state index is -0.834. The van der Waals surface area contributed by atoms with E-state index in [-0.39, 0.29) is 6.04 Å². The molecule has 0 spiro atoms. The second-order valence-corrected chi connectivity index (χ2v) is 3.75. The van der Waals surface area contributed by atoms with Gasteiger partial charge in [-0.15, -0.1) is 0 Å². The third kappa shape index (κ3) is 3.99. The number of anilines is 1. The zero-order valence-corrected chi connectivity index (χ0v) is 9.77. The van der Waals surface area contributed by atoms with Crippen LogP contribution in [0.25, 0.3) is 0 Å². The van der Waals surface area contributed by atoms with Gasteiger partial charge in [0.25, 0.3) is 0 Å². The summed E-state index contributed by atoms with van der Waals surface area (Å²) in [6.07, 6.45) is 0.773. The van der Waals surface area contributed by atoms with E-state index in [4.69, 9.17) is 4.74 Å². The Bertz CT molecular complexity index is 398. The van der Waals surface area contributed by atoms with Crippen molar-refractivity contribution in [3.8, 4) is 0 Å². The molecule has 1 aromatic rings. The van der Waals surface area contributed by atoms with Gasteiger partial charge in [-0.25, -0.2) is 0 Å². The van der Waals surface area contributed by atoms with Gasteiger partial charge in [0.1, 0.15) is 0 Å². The molecule has 0 saturated carbocycles. The number of hydrogen-bond acceptors (Lipinski definition) is 4. The Kier molecular flexibility index (Phi) is 4.84. The Morgan fingerprint density at radius 1 is 1.59 bits per heavy atom. The first-order valence-electron chi connectivity index (χ1n) is 5.24. The van der Waals surface area contributed by atoms with Gasteiger partial charge in [0, 0.05) is 37.6 Å². The van der Waals surface area contributed by atoms with Crippen molar-refractivity contribution in [1.82, 2.24) is 0 Å². The van der Waals surface area contributed by atoms with Gasteiger partial charge in [-0.05, 0) is 19.4 Å². The number of nitrogens with zero attached hydrogens (tertiary/aromatic N) is 1. The van der Waals surface area contributed by atoms with E-state index in [1.54, 1.807) is 7.11 Å². The van der Waals surface area contributed by atoms with Crippen LogP contribution in [-0.4, -0.2) is 24.7 Å². The number of halogens is 1. The van der Waals surface area contributed by atoms with E-state index >= 15 is 0 Å². The quantitative estimate of drug-likeness (QED) is 0.615. The van der Waals surface area contributed by atoms with Crippen LogP contribution < -0.4 is 5.32 Å². The van der Waals surface area contributed by atoms with E-state index in [2.05, 4.69) is 5.32 Å². The molecule has 17 heavy (non-hydrogen) atoms. The highest BCUT2D eigenvalue weighted by molar-refractivity contribution is 5.50. The number of benzene rings is 1. The molecule has 0 bridgehead atoms. The second-order valence-electron chi connectivity index (χ2n) is 3.75. The van der Waals surface area contributed by atoms with Crippen molar-refractivity contribution in [1.29, 1.82) is 0 Å². The van der Waals surface area contributed by atoms with E-state index in [0.717, 1.165) is 18.6 Å². The largest absolute Gasteiger partial charge is 0.385 e. The molecule has 0 radical (unpaired) electrons. The first kappa shape index (κ1) is 13.4. The Morgan fingerprint density at radius 2 is 2.29 bits per heavy atom. The zero-order chi connectivity index (χ0) is 12.8. The van der Waals surface area contributed by atoms with Gasteiger partial charge in [-0.2, -0.15) is 4.39 Å². The molecule has 5 nitrogen and oxygen atoms in total. The van der Waals surface area contributed by atoms with Crippen LogP contribution in [0.3, 0.4) is 0 Å². The lowest BCUT2D eigenvalue weighted by Gasteiger charge is -2.14. The molecule has 0 fully saturated rings. The molecule has 0 aliphatic heterocycles. The summed E-state index contributed by atoms with van der Waals surface area (Å²) >= 11 is 0. The first-order chi connectivity index (χ1) is 8.04. The van der Waals surface area contributed by atoms with Crippen LogP contribution in [-0.2, 0) is 4.74 Å². The zero-order valence-electron chi connectivity index (χ0n) is 9.77. The predicted molar refractivity (Wildman–Crippen MR) is 62.6 cm³/mol. The lowest BCUT2D eigenvalue weighted by atomic mass is 10.2. The third-order valence-corrected chi connectivity index (χ3v) is 2.31. The maximum absolute atomic E-state index is 13.3. The molecule has 1 N–H and O–H groups in total. The lowest BCUT2D eigenvalue weighted by molar-refractivity contribution is -0.387. The number of methoxy groups -OCH3 is 1. The molecule has 0 heterocycles. The molecule has 0 aromatic heterocycles. The summed E-state index contributed by atoms with van der Waals surface area (Å²) in [5.74, 6) is -0.834. The van der Waals surface area contributed by atoms with E-state index in [1.807, 2.05) is 6.92 Å². The second kappa shape index (κ2) is 6.15. The number of nitro benzene ring substituents is 1. The number of nitrogens with one attached hydrogen (secondary N) is 1. The molecule has 1 aromatic carbocycles. The molecule has 94 valence electrons. The summed E-state index contributed by atoms with van der Waals surface area (Å²) in [7, 11) is 1.61. The Labute approximate surface area is 98.7 Å². The summed E-state index contributed by atoms with van der Waals surface area (Å²) in [4.78, 5) is 9.68. The lowest BCUT2D eigenvalue weighted by Crippen LogP contribution is -2.17. The topological polar surface area (TPSA) is 64.4 Å². The highest BCUT2D eigenvalue weighted by Crippen LogP contribution is 2.21. The maximum Gasteiger partial charge on any atom is 0.304 e. The summed E-state index contributed by atoms with van der Waals surface area (Å²) in [5, 5.41) is 13.5. The van der Waals surface area contributed by atoms with Crippen LogP contribution in [0.1, 0.15) is 13.3 Å². The monoisotopic (exact) mass is 242 g/mol. The fourth-order valence-electron chi connectivity index (χ4n) is 1.40. The van der Waals surface area contributed by atoms with Crippen molar-refractivity contribution < 1.29 is 14.1 Å². The van der Waals surface area contributed by atoms with Crippen LogP contribution in [0.2, 0.25) is 0 Å². The summed E-state index contributed by atoms with van der Waals surface area (Å²) < 4.78 is 18.2. The molecule has 0 amide bonds. The van der Waals surface area contributed by atoms with Crippen LogP contribution >= 0.6 is 0 Å². The van der Waals surface area contributed by atoms with Crippen molar-refractivity contribution in [2.45, 2.75) is 19.4 Å². The highest BCUT2D eigenvalue weighted by atomic mass is 19.1. The van der Waals surface area contributed by atoms with E-state index in [1.165, 1.54) is 6.07 Å². The summed E-state index contributed by atoms with van der Waals surface area (Å²) in [6, 6.07) is 3.88. The molecule has 6 heteroatoms. The fraction of sp³-hybridized carbons (Fsp3) is 0.455. The van der Waals surface area contributed by atoms with Gasteiger partial charge in [0.05, 0.1) is 4.92 Å². The third-order valence-electron chi connectivity index (χ3n) is 2.31. The van der Waals surface area contributed by atoms with Crippen molar-refractivity contribution in [2.24, 2.45) is 0 Å². The van der Waals surface area contributed by atoms with Crippen LogP contribution in [0.4, 0.5) is 15.8 Å². The van der Waals surface area contributed by atoms with Crippen LogP contribution in [0, 0.1) is 15.9 Å². The van der Waals surface area contributed by atoms with E-state index < -0.39 is 16.4 Å². The Morgan fingerprint density at radius 3 is 2.82 bits per heavy atom. The summed E-state index contributed by atoms with van der Waals surface area (Å²) in [5.41, 5.74) is 0.0109. The SMILES string of the molecule is COCCC(C)Nc1ccc([N+](=O)[O-])c(F)c1. The molecular formula is C11H15FN2O3. The minimum Gasteiger partial charge on any atom is -0.385 e. The molecule has 0 saturated heterocycles. The van der Waals surface area contributed by atoms with Crippen molar-refractivity contribution in [3.63, 3.8) is 0 Å². The minimum absolute atomic E-state index is 0.107. The summed E-state index contributed by atoms with van der Waals surface area (Å²) in [6.45, 7) is 2.53. The maximum atomic E-state index is 13.3. The van der Waals surface area contributed by atoms with E-state index in [9.17, 15) is 14.5 Å². The molecule has 0 aliphatic rings. The standard InChI is InChI=1S/C11H15FN2O3/c1-8(5-6-17-2)13-9-3-4-11(14(15)16)10(12)7-9/h3-4,7-8,13H,5-6H2,1-2H3. The first-order valence-corrected chi connectivity index (χ1v) is 5.24. The van der Waals surface area contributed by atoms with Crippen molar-refractivity contribution in [2.75, 3.05) is 19.0 Å². The molecular weight excluding hydrogens is 227 g/mol. The molecule has 1 rings (SSSR count). The van der Waals surface area contributed by atoms with E-state index in [0.29, 0.717) is 12.3 Å². The van der Waals surface area contributed by atoms with Gasteiger partial charge in [-0.1, -0.05) is 0 Å². The number of rotatable bonds is 6. The molecule has 1 atom stereocenters. The van der Waals surface area contributed by atoms with Crippen molar-refractivity contribution in [3.05, 3.63) is 34.1 Å². The van der Waals surface area contributed by atoms with Gasteiger partial charge < -0.3 is 10.1 Å². The Hall–Kier alpha value is -1.69. The predicted octanol–water partition coefficient (Wildman–Crippen LogP) is 2.57. The molecule has 1 unspecified atom stereocenters. The number of nitro groups is 1. The highest BCUT2D eigenvalue weighted by Gasteiger charge is 2.14. The Balaban J connectivity index is 2.67. The van der Waals surface area contributed by atoms with Crippen molar-refractivity contribution >= 4 is 11.4 Å².